The van der Waals surface area contributed by atoms with Gasteiger partial charge in [0.2, 0.25) is 28.3 Å². The van der Waals surface area contributed by atoms with Crippen LogP contribution in [0.1, 0.15) is 70.4 Å². The smallest absolute Gasteiger partial charge is 0.407 e. The van der Waals surface area contributed by atoms with Gasteiger partial charge in [-0.25, -0.2) is 22.0 Å². The lowest BCUT2D eigenvalue weighted by atomic mass is 10.0. The molecule has 1 saturated heterocycles. The van der Waals surface area contributed by atoms with Crippen molar-refractivity contribution in [3.63, 3.8) is 0 Å². The van der Waals surface area contributed by atoms with E-state index in [0.29, 0.717) is 30.7 Å². The van der Waals surface area contributed by atoms with Gasteiger partial charge in [0.1, 0.15) is 29.0 Å². The van der Waals surface area contributed by atoms with E-state index in [1.165, 1.54) is 9.70 Å². The zero-order chi connectivity index (χ0) is 39.8. The van der Waals surface area contributed by atoms with Crippen LogP contribution in [0, 0.1) is 11.8 Å². The van der Waals surface area contributed by atoms with Crippen molar-refractivity contribution in [2.75, 3.05) is 13.2 Å². The number of hydrogen-bond acceptors (Lipinski definition) is 9. The number of alkyl carbamates (subject to hydrolysis) is 1. The van der Waals surface area contributed by atoms with Gasteiger partial charge in [-0.15, -0.1) is 0 Å². The molecule has 56 heavy (non-hydrogen) atoms. The molecule has 4 aliphatic rings. The average molecular weight is 794 g/mol. The highest BCUT2D eigenvalue weighted by molar-refractivity contribution is 7.91. The monoisotopic (exact) mass is 793 g/mol. The molecule has 1 unspecified atom stereocenters. The molecule has 298 valence electrons. The third kappa shape index (κ3) is 8.18. The summed E-state index contributed by atoms with van der Waals surface area (Å²) in [6, 6.07) is 14.0. The first-order chi connectivity index (χ1) is 26.8. The number of carbonyl (C=O) groups is 4. The molecule has 3 N–H and O–H groups in total. The van der Waals surface area contributed by atoms with E-state index in [0.717, 1.165) is 29.5 Å². The fraction of sp³-hybridized carbons (Fsp3) is 0.487. The molecule has 5 atom stereocenters. The van der Waals surface area contributed by atoms with Crippen molar-refractivity contribution >= 4 is 39.9 Å². The molecule has 2 saturated carbocycles. The van der Waals surface area contributed by atoms with Crippen molar-refractivity contribution < 1.29 is 41.1 Å². The number of sulfonamides is 1. The van der Waals surface area contributed by atoms with Crippen LogP contribution >= 0.6 is 0 Å². The highest BCUT2D eigenvalue weighted by Gasteiger charge is 2.66. The number of alkyl halides is 2. The summed E-state index contributed by atoms with van der Waals surface area (Å²) in [6.07, 6.45) is 2.34. The second-order valence-electron chi connectivity index (χ2n) is 15.3. The number of allylic oxidation sites excluding steroid dienone is 1. The number of cyclic esters (lactones) is 1. The molecule has 6 bridgehead atoms. The highest BCUT2D eigenvalue weighted by atomic mass is 32.2. The van der Waals surface area contributed by atoms with E-state index in [2.05, 4.69) is 10.6 Å². The van der Waals surface area contributed by atoms with Gasteiger partial charge in [-0.2, -0.15) is 15.0 Å². The van der Waals surface area contributed by atoms with Crippen molar-refractivity contribution in [2.45, 2.75) is 94.1 Å². The van der Waals surface area contributed by atoms with Gasteiger partial charge in [0.15, 0.2) is 0 Å². The van der Waals surface area contributed by atoms with E-state index >= 15 is 0 Å². The Kier molecular flexibility index (Phi) is 11.0. The number of carbonyl (C=O) groups excluding carboxylic acids is 4. The van der Waals surface area contributed by atoms with Gasteiger partial charge in [-0.3, -0.25) is 19.1 Å². The first-order valence-electron chi connectivity index (χ1n) is 19.0. The number of benzene rings is 2. The molecule has 0 radical (unpaired) electrons. The minimum atomic E-state index is -4.13. The molecule has 2 aromatic carbocycles. The first kappa shape index (κ1) is 39.1. The van der Waals surface area contributed by atoms with Gasteiger partial charge in [0, 0.05) is 24.1 Å². The highest BCUT2D eigenvalue weighted by Crippen LogP contribution is 2.48. The van der Waals surface area contributed by atoms with Crippen LogP contribution in [-0.4, -0.2) is 94.6 Å². The Labute approximate surface area is 323 Å². The summed E-state index contributed by atoms with van der Waals surface area (Å²) in [5, 5.41) is 14.1. The standard InChI is InChI=1S/C39H45F2N7O7S/c1-23(2)31-36(50)47-22-27(20-30(47)35(49)43-39(21-29(39)34(40)41)37(51)46-56(53,54)28-16-17-28)48-44-32(25-13-7-5-8-14-25)33(45-48)26-15-10-12-24(19-26)11-6-3-4-9-18-55-38(52)42-31/h5-8,10-15,19,23,27-31,34H,3-4,9,16-18,20-22H2,1-2H3,(H,42,52)(H,43,49)(H,46,51)/b11-6+/t27?,29-,30-,31-,39-/m0/s1. The van der Waals surface area contributed by atoms with Crippen molar-refractivity contribution in [1.82, 2.24) is 35.2 Å². The van der Waals surface area contributed by atoms with Crippen LogP contribution < -0.4 is 15.4 Å². The maximum atomic E-state index is 14.4. The quantitative estimate of drug-likeness (QED) is 0.297. The SMILES string of the molecule is CC(C)[C@@H]1NC(=O)OCCCC/C=C/c2cccc(c2)-c2nn(nc2-c2ccccc2)C2C[C@@H](C(=O)N[C@@]3(C(=O)NS(=O)(=O)C4CC4)C[C@H]3C(F)F)N(C2)C1=O. The summed E-state index contributed by atoms with van der Waals surface area (Å²) in [7, 11) is -4.13. The largest absolute Gasteiger partial charge is 0.450 e. The zero-order valence-corrected chi connectivity index (χ0v) is 31.9. The minimum Gasteiger partial charge on any atom is -0.450 e. The van der Waals surface area contributed by atoms with E-state index in [1.54, 1.807) is 13.8 Å². The predicted molar refractivity (Wildman–Crippen MR) is 201 cm³/mol. The number of rotatable bonds is 8. The molecular weight excluding hydrogens is 749 g/mol. The number of halogens is 2. The predicted octanol–water partition coefficient (Wildman–Crippen LogP) is 4.45. The molecule has 2 aliphatic carbocycles. The second-order valence-corrected chi connectivity index (χ2v) is 17.2. The van der Waals surface area contributed by atoms with Crippen molar-refractivity contribution in [2.24, 2.45) is 11.8 Å². The Morgan fingerprint density at radius 2 is 1.71 bits per heavy atom. The van der Waals surface area contributed by atoms with Gasteiger partial charge in [0.25, 0.3) is 5.91 Å². The fourth-order valence-corrected chi connectivity index (χ4v) is 8.75. The van der Waals surface area contributed by atoms with Crippen LogP contribution in [0.15, 0.2) is 60.7 Å². The number of amides is 4. The van der Waals surface area contributed by atoms with Crippen molar-refractivity contribution in [1.29, 1.82) is 0 Å². The van der Waals surface area contributed by atoms with E-state index in [9.17, 15) is 36.4 Å². The number of nitrogens with one attached hydrogen (secondary N) is 3. The van der Waals surface area contributed by atoms with Gasteiger partial charge in [0.05, 0.1) is 23.8 Å². The third-order valence-electron chi connectivity index (χ3n) is 10.8. The molecule has 1 aromatic heterocycles. The molecule has 0 spiro atoms. The Morgan fingerprint density at radius 1 is 1.00 bits per heavy atom. The summed E-state index contributed by atoms with van der Waals surface area (Å²) < 4.78 is 61.0. The summed E-state index contributed by atoms with van der Waals surface area (Å²) in [4.78, 5) is 57.8. The normalized spacial score (nSPS) is 26.3. The molecule has 4 amide bonds. The lowest BCUT2D eigenvalue weighted by Gasteiger charge is -2.31. The summed E-state index contributed by atoms with van der Waals surface area (Å²) in [5.74, 6) is -4.93. The number of hydrogen-bond donors (Lipinski definition) is 3. The van der Waals surface area contributed by atoms with Crippen LogP contribution in [0.4, 0.5) is 13.6 Å². The first-order valence-corrected chi connectivity index (χ1v) is 20.5. The van der Waals surface area contributed by atoms with Gasteiger partial charge in [-0.1, -0.05) is 74.5 Å². The molecule has 3 aromatic rings. The van der Waals surface area contributed by atoms with Gasteiger partial charge in [-0.05, 0) is 56.1 Å². The molecule has 7 rings (SSSR count). The van der Waals surface area contributed by atoms with E-state index < -0.39 is 87.4 Å². The minimum absolute atomic E-state index is 0.0879. The molecule has 3 heterocycles. The van der Waals surface area contributed by atoms with E-state index in [4.69, 9.17) is 14.9 Å². The van der Waals surface area contributed by atoms with Crippen LogP contribution in [0.3, 0.4) is 0 Å². The second kappa shape index (κ2) is 15.7. The molecule has 17 heteroatoms. The number of nitrogens with zero attached hydrogens (tertiary/aromatic N) is 4. The summed E-state index contributed by atoms with van der Waals surface area (Å²) in [6.45, 7) is 3.44. The van der Waals surface area contributed by atoms with Gasteiger partial charge < -0.3 is 20.3 Å². The van der Waals surface area contributed by atoms with Crippen LogP contribution in [0.2, 0.25) is 0 Å². The molecular formula is C39H45F2N7O7S. The molecule has 2 aliphatic heterocycles. The third-order valence-corrected chi connectivity index (χ3v) is 12.6. The average Bonchev–Trinajstić information content (AvgIpc) is 4.06. The fourth-order valence-electron chi connectivity index (χ4n) is 7.38. The zero-order valence-electron chi connectivity index (χ0n) is 31.1. The summed E-state index contributed by atoms with van der Waals surface area (Å²) >= 11 is 0. The molecule has 14 nitrogen and oxygen atoms in total. The number of ether oxygens (including phenoxy) is 1. The van der Waals surface area contributed by atoms with Crippen molar-refractivity contribution in [3.05, 3.63) is 66.2 Å². The Balaban J connectivity index is 1.27. The lowest BCUT2D eigenvalue weighted by Crippen LogP contribution is -2.59. The van der Waals surface area contributed by atoms with Crippen LogP contribution in [-0.2, 0) is 29.1 Å². The Bertz CT molecular complexity index is 2130. The maximum absolute atomic E-state index is 14.4. The number of aromatic nitrogens is 3. The van der Waals surface area contributed by atoms with E-state index in [-0.39, 0.29) is 19.6 Å². The Hall–Kier alpha value is -5.19. The summed E-state index contributed by atoms with van der Waals surface area (Å²) in [5.41, 5.74) is 1.39. The Morgan fingerprint density at radius 3 is 2.39 bits per heavy atom. The van der Waals surface area contributed by atoms with Crippen LogP contribution in [0.5, 0.6) is 0 Å². The maximum Gasteiger partial charge on any atom is 0.407 e. The van der Waals surface area contributed by atoms with Gasteiger partial charge >= 0.3 is 6.09 Å². The topological polar surface area (TPSA) is 182 Å². The lowest BCUT2D eigenvalue weighted by molar-refractivity contribution is -0.142. The number of fused-ring (bicyclic) bond motifs is 8. The van der Waals surface area contributed by atoms with Crippen molar-refractivity contribution in [3.8, 4) is 22.5 Å². The molecule has 3 fully saturated rings. The van der Waals surface area contributed by atoms with E-state index in [1.807, 2.05) is 71.5 Å². The van der Waals surface area contributed by atoms with Crippen LogP contribution in [0.25, 0.3) is 28.6 Å².